The first-order chi connectivity index (χ1) is 9.41. The third-order valence-corrected chi connectivity index (χ3v) is 2.69. The second-order valence-corrected chi connectivity index (χ2v) is 4.04. The third kappa shape index (κ3) is 2.53. The fraction of sp³-hybridized carbons (Fsp3) is 0. The number of aromatic hydroxyl groups is 1. The number of pyridine rings is 1. The molecule has 0 fully saturated rings. The Morgan fingerprint density at radius 1 is 1.30 bits per heavy atom. The van der Waals surface area contributed by atoms with Gasteiger partial charge in [0.25, 0.3) is 5.91 Å². The van der Waals surface area contributed by atoms with Gasteiger partial charge in [-0.15, -0.1) is 0 Å². The largest absolute Gasteiger partial charge is 0.503 e. The zero-order valence-electron chi connectivity index (χ0n) is 9.62. The van der Waals surface area contributed by atoms with Gasteiger partial charge in [-0.25, -0.2) is 13.8 Å². The standard InChI is InChI=1S/C12H6ClF3N2O2/c13-11-7(2-1-3-17-11)18-12(20)5-4-6(14)9(16)10(19)8(5)15/h1-4,19H,(H,18,20). The van der Waals surface area contributed by atoms with Crippen LogP contribution in [-0.4, -0.2) is 16.0 Å². The summed E-state index contributed by atoms with van der Waals surface area (Å²) in [5.74, 6) is -7.55. The highest BCUT2D eigenvalue weighted by molar-refractivity contribution is 6.32. The molecule has 0 atom stereocenters. The van der Waals surface area contributed by atoms with E-state index in [2.05, 4.69) is 10.3 Å². The number of nitrogens with zero attached hydrogens (tertiary/aromatic N) is 1. The van der Waals surface area contributed by atoms with Crippen molar-refractivity contribution >= 4 is 23.2 Å². The van der Waals surface area contributed by atoms with Crippen LogP contribution in [-0.2, 0) is 0 Å². The van der Waals surface area contributed by atoms with E-state index in [0.717, 1.165) is 0 Å². The number of nitrogens with one attached hydrogen (secondary N) is 1. The maximum Gasteiger partial charge on any atom is 0.258 e. The lowest BCUT2D eigenvalue weighted by atomic mass is 10.1. The Bertz CT molecular complexity index is 695. The number of amides is 1. The zero-order valence-corrected chi connectivity index (χ0v) is 10.4. The van der Waals surface area contributed by atoms with Crippen LogP contribution in [0.3, 0.4) is 0 Å². The van der Waals surface area contributed by atoms with Gasteiger partial charge in [0.1, 0.15) is 0 Å². The first-order valence-electron chi connectivity index (χ1n) is 5.20. The normalized spacial score (nSPS) is 10.4. The molecule has 0 bridgehead atoms. The first kappa shape index (κ1) is 14.1. The lowest BCUT2D eigenvalue weighted by Gasteiger charge is -2.08. The minimum Gasteiger partial charge on any atom is -0.503 e. The number of hydrogen-bond acceptors (Lipinski definition) is 3. The van der Waals surface area contributed by atoms with Gasteiger partial charge in [0.05, 0.1) is 11.3 Å². The number of halogens is 4. The van der Waals surface area contributed by atoms with Crippen molar-refractivity contribution in [1.82, 2.24) is 4.98 Å². The average Bonchev–Trinajstić information content (AvgIpc) is 2.43. The Morgan fingerprint density at radius 3 is 2.65 bits per heavy atom. The molecule has 104 valence electrons. The predicted octanol–water partition coefficient (Wildman–Crippen LogP) is 3.11. The topological polar surface area (TPSA) is 62.2 Å². The van der Waals surface area contributed by atoms with Gasteiger partial charge in [0.15, 0.2) is 22.5 Å². The van der Waals surface area contributed by atoms with Crippen LogP contribution in [0.2, 0.25) is 5.15 Å². The van der Waals surface area contributed by atoms with Crippen molar-refractivity contribution < 1.29 is 23.1 Å². The molecule has 0 unspecified atom stereocenters. The number of benzene rings is 1. The number of carbonyl (C=O) groups is 1. The zero-order chi connectivity index (χ0) is 14.9. The Kier molecular flexibility index (Phi) is 3.80. The van der Waals surface area contributed by atoms with Crippen LogP contribution < -0.4 is 5.32 Å². The van der Waals surface area contributed by atoms with Crippen molar-refractivity contribution in [3.05, 3.63) is 52.6 Å². The summed E-state index contributed by atoms with van der Waals surface area (Å²) in [5, 5.41) is 11.1. The number of anilines is 1. The van der Waals surface area contributed by atoms with E-state index >= 15 is 0 Å². The lowest BCUT2D eigenvalue weighted by molar-refractivity contribution is 0.102. The molecular formula is C12H6ClF3N2O2. The summed E-state index contributed by atoms with van der Waals surface area (Å²) in [7, 11) is 0. The van der Waals surface area contributed by atoms with Gasteiger partial charge < -0.3 is 10.4 Å². The number of carbonyl (C=O) groups excluding carboxylic acids is 1. The van der Waals surface area contributed by atoms with Crippen molar-refractivity contribution in [2.24, 2.45) is 0 Å². The number of aromatic nitrogens is 1. The van der Waals surface area contributed by atoms with E-state index in [1.54, 1.807) is 0 Å². The minimum atomic E-state index is -1.77. The van der Waals surface area contributed by atoms with Gasteiger partial charge in [-0.2, -0.15) is 4.39 Å². The summed E-state index contributed by atoms with van der Waals surface area (Å²) in [6.45, 7) is 0. The third-order valence-electron chi connectivity index (χ3n) is 2.38. The van der Waals surface area contributed by atoms with E-state index in [1.165, 1.54) is 18.3 Å². The summed E-state index contributed by atoms with van der Waals surface area (Å²) in [6.07, 6.45) is 1.36. The van der Waals surface area contributed by atoms with Crippen molar-refractivity contribution in [2.75, 3.05) is 5.32 Å². The van der Waals surface area contributed by atoms with E-state index < -0.39 is 34.7 Å². The molecule has 2 aromatic rings. The molecule has 1 aromatic heterocycles. The molecule has 2 rings (SSSR count). The second kappa shape index (κ2) is 5.38. The molecule has 1 heterocycles. The summed E-state index contributed by atoms with van der Waals surface area (Å²) < 4.78 is 39.5. The van der Waals surface area contributed by atoms with E-state index in [1.807, 2.05) is 0 Å². The fourth-order valence-corrected chi connectivity index (χ4v) is 1.59. The molecule has 0 saturated carbocycles. The Morgan fingerprint density at radius 2 is 2.00 bits per heavy atom. The summed E-state index contributed by atoms with van der Waals surface area (Å²) in [5.41, 5.74) is -0.802. The van der Waals surface area contributed by atoms with Crippen molar-refractivity contribution in [1.29, 1.82) is 0 Å². The predicted molar refractivity (Wildman–Crippen MR) is 65.2 cm³/mol. The van der Waals surface area contributed by atoms with Gasteiger partial charge in [0, 0.05) is 6.20 Å². The van der Waals surface area contributed by atoms with Crippen LogP contribution in [0.4, 0.5) is 18.9 Å². The smallest absolute Gasteiger partial charge is 0.258 e. The molecule has 0 aliphatic carbocycles. The van der Waals surface area contributed by atoms with E-state index in [0.29, 0.717) is 6.07 Å². The van der Waals surface area contributed by atoms with Crippen LogP contribution in [0, 0.1) is 17.5 Å². The molecule has 0 saturated heterocycles. The highest BCUT2D eigenvalue weighted by atomic mass is 35.5. The quantitative estimate of drug-likeness (QED) is 0.662. The molecule has 2 N–H and O–H groups in total. The van der Waals surface area contributed by atoms with Crippen LogP contribution >= 0.6 is 11.6 Å². The Balaban J connectivity index is 2.38. The monoisotopic (exact) mass is 302 g/mol. The van der Waals surface area contributed by atoms with Crippen LogP contribution in [0.25, 0.3) is 0 Å². The molecule has 0 radical (unpaired) electrons. The number of rotatable bonds is 2. The Labute approximate surface area is 115 Å². The number of phenolic OH excluding ortho intramolecular Hbond substituents is 1. The molecule has 1 amide bonds. The van der Waals surface area contributed by atoms with Crippen LogP contribution in [0.15, 0.2) is 24.4 Å². The van der Waals surface area contributed by atoms with Gasteiger partial charge in [-0.3, -0.25) is 4.79 Å². The van der Waals surface area contributed by atoms with Crippen molar-refractivity contribution in [2.45, 2.75) is 0 Å². The molecule has 0 spiro atoms. The first-order valence-corrected chi connectivity index (χ1v) is 5.58. The maximum absolute atomic E-state index is 13.5. The fourth-order valence-electron chi connectivity index (χ4n) is 1.42. The van der Waals surface area contributed by atoms with Gasteiger partial charge in [-0.05, 0) is 18.2 Å². The van der Waals surface area contributed by atoms with Crippen LogP contribution in [0.5, 0.6) is 5.75 Å². The van der Waals surface area contributed by atoms with E-state index in [9.17, 15) is 18.0 Å². The summed E-state index contributed by atoms with van der Waals surface area (Å²) in [4.78, 5) is 15.4. The van der Waals surface area contributed by atoms with Crippen molar-refractivity contribution in [3.8, 4) is 5.75 Å². The second-order valence-electron chi connectivity index (χ2n) is 3.68. The van der Waals surface area contributed by atoms with E-state index in [-0.39, 0.29) is 10.8 Å². The van der Waals surface area contributed by atoms with E-state index in [4.69, 9.17) is 16.7 Å². The molecule has 0 aliphatic rings. The van der Waals surface area contributed by atoms with Crippen molar-refractivity contribution in [3.63, 3.8) is 0 Å². The maximum atomic E-state index is 13.5. The number of phenols is 1. The van der Waals surface area contributed by atoms with Gasteiger partial charge in [-0.1, -0.05) is 11.6 Å². The molecule has 0 aliphatic heterocycles. The molecule has 20 heavy (non-hydrogen) atoms. The SMILES string of the molecule is O=C(Nc1cccnc1Cl)c1cc(F)c(F)c(O)c1F. The van der Waals surface area contributed by atoms with Gasteiger partial charge >= 0.3 is 0 Å². The lowest BCUT2D eigenvalue weighted by Crippen LogP contribution is -2.15. The van der Waals surface area contributed by atoms with Gasteiger partial charge in [0.2, 0.25) is 5.82 Å². The molecule has 4 nitrogen and oxygen atoms in total. The highest BCUT2D eigenvalue weighted by Gasteiger charge is 2.22. The number of hydrogen-bond donors (Lipinski definition) is 2. The summed E-state index contributed by atoms with van der Waals surface area (Å²) >= 11 is 5.68. The Hall–Kier alpha value is -2.28. The highest BCUT2D eigenvalue weighted by Crippen LogP contribution is 2.27. The summed E-state index contributed by atoms with van der Waals surface area (Å²) in [6, 6.07) is 3.18. The average molecular weight is 303 g/mol. The molecular weight excluding hydrogens is 297 g/mol. The molecule has 8 heteroatoms. The van der Waals surface area contributed by atoms with Crippen LogP contribution in [0.1, 0.15) is 10.4 Å². The minimum absolute atomic E-state index is 0.0581. The molecule has 1 aromatic carbocycles.